The van der Waals surface area contributed by atoms with Crippen molar-refractivity contribution in [2.45, 2.75) is 32.5 Å². The molecule has 0 radical (unpaired) electrons. The summed E-state index contributed by atoms with van der Waals surface area (Å²) in [6.07, 6.45) is -3.43. The van der Waals surface area contributed by atoms with Crippen molar-refractivity contribution in [3.63, 3.8) is 0 Å². The third kappa shape index (κ3) is 4.96. The Bertz CT molecular complexity index is 365. The van der Waals surface area contributed by atoms with E-state index in [9.17, 15) is 13.2 Å². The minimum Gasteiger partial charge on any atom is -0.484 e. The number of halogens is 3. The lowest BCUT2D eigenvalue weighted by atomic mass is 10.0. The minimum atomic E-state index is -4.30. The van der Waals surface area contributed by atoms with Crippen molar-refractivity contribution in [2.24, 2.45) is 0 Å². The molecule has 0 aliphatic carbocycles. The number of rotatable bonds is 6. The van der Waals surface area contributed by atoms with Crippen molar-refractivity contribution in [1.82, 2.24) is 5.32 Å². The lowest BCUT2D eigenvalue weighted by molar-refractivity contribution is -0.153. The van der Waals surface area contributed by atoms with Gasteiger partial charge in [0, 0.05) is 6.04 Å². The van der Waals surface area contributed by atoms with Gasteiger partial charge in [0.05, 0.1) is 0 Å². The molecule has 1 N–H and O–H groups in total. The highest BCUT2D eigenvalue weighted by atomic mass is 19.4. The van der Waals surface area contributed by atoms with Gasteiger partial charge in [-0.2, -0.15) is 13.2 Å². The fourth-order valence-electron chi connectivity index (χ4n) is 1.73. The van der Waals surface area contributed by atoms with E-state index in [4.69, 9.17) is 4.74 Å². The van der Waals surface area contributed by atoms with Gasteiger partial charge in [-0.05, 0) is 30.7 Å². The first-order valence-corrected chi connectivity index (χ1v) is 5.99. The van der Waals surface area contributed by atoms with Crippen LogP contribution in [0.5, 0.6) is 5.75 Å². The Morgan fingerprint density at radius 2 is 2.00 bits per heavy atom. The van der Waals surface area contributed by atoms with E-state index in [-0.39, 0.29) is 11.8 Å². The van der Waals surface area contributed by atoms with Crippen molar-refractivity contribution in [1.29, 1.82) is 0 Å². The molecule has 0 fully saturated rings. The average molecular weight is 261 g/mol. The van der Waals surface area contributed by atoms with E-state index in [0.29, 0.717) is 0 Å². The summed E-state index contributed by atoms with van der Waals surface area (Å²) >= 11 is 0. The van der Waals surface area contributed by atoms with E-state index >= 15 is 0 Å². The SMILES string of the molecule is CCNC(CC)c1cccc(OCC(F)(F)F)c1. The largest absolute Gasteiger partial charge is 0.484 e. The maximum absolute atomic E-state index is 12.0. The predicted molar refractivity (Wildman–Crippen MR) is 64.7 cm³/mol. The molecule has 0 aromatic heterocycles. The molecule has 1 unspecified atom stereocenters. The molecule has 0 spiro atoms. The van der Waals surface area contributed by atoms with Crippen LogP contribution >= 0.6 is 0 Å². The maximum Gasteiger partial charge on any atom is 0.422 e. The lowest BCUT2D eigenvalue weighted by Gasteiger charge is -2.17. The topological polar surface area (TPSA) is 21.3 Å². The van der Waals surface area contributed by atoms with E-state index in [0.717, 1.165) is 18.5 Å². The van der Waals surface area contributed by atoms with E-state index in [1.54, 1.807) is 12.1 Å². The van der Waals surface area contributed by atoms with Gasteiger partial charge in [-0.15, -0.1) is 0 Å². The van der Waals surface area contributed by atoms with Crippen LogP contribution in [0, 0.1) is 0 Å². The summed E-state index contributed by atoms with van der Waals surface area (Å²) in [5.41, 5.74) is 0.944. The Labute approximate surface area is 105 Å². The van der Waals surface area contributed by atoms with E-state index < -0.39 is 12.8 Å². The molecule has 5 heteroatoms. The van der Waals surface area contributed by atoms with Gasteiger partial charge in [0.1, 0.15) is 5.75 Å². The van der Waals surface area contributed by atoms with Crippen LogP contribution in [-0.2, 0) is 0 Å². The molecule has 0 aliphatic rings. The zero-order chi connectivity index (χ0) is 13.6. The maximum atomic E-state index is 12.0. The monoisotopic (exact) mass is 261 g/mol. The van der Waals surface area contributed by atoms with Gasteiger partial charge in [-0.3, -0.25) is 0 Å². The second-order valence-electron chi connectivity index (χ2n) is 3.99. The summed E-state index contributed by atoms with van der Waals surface area (Å²) in [5.74, 6) is 0.251. The summed E-state index contributed by atoms with van der Waals surface area (Å²) in [4.78, 5) is 0. The fourth-order valence-corrected chi connectivity index (χ4v) is 1.73. The zero-order valence-electron chi connectivity index (χ0n) is 10.6. The molecule has 0 amide bonds. The van der Waals surface area contributed by atoms with Crippen LogP contribution in [0.3, 0.4) is 0 Å². The van der Waals surface area contributed by atoms with E-state index in [1.165, 1.54) is 6.07 Å². The molecule has 0 aliphatic heterocycles. The van der Waals surface area contributed by atoms with Crippen LogP contribution in [0.1, 0.15) is 31.9 Å². The van der Waals surface area contributed by atoms with Crippen molar-refractivity contribution in [3.8, 4) is 5.75 Å². The molecule has 0 saturated heterocycles. The normalized spacial score (nSPS) is 13.4. The van der Waals surface area contributed by atoms with Gasteiger partial charge in [-0.1, -0.05) is 26.0 Å². The molecule has 0 bridgehead atoms. The van der Waals surface area contributed by atoms with Crippen molar-refractivity contribution >= 4 is 0 Å². The quantitative estimate of drug-likeness (QED) is 0.843. The van der Waals surface area contributed by atoms with Gasteiger partial charge in [0.2, 0.25) is 0 Å². The molecule has 1 rings (SSSR count). The smallest absolute Gasteiger partial charge is 0.422 e. The Kier molecular flexibility index (Phi) is 5.47. The molecule has 0 saturated carbocycles. The van der Waals surface area contributed by atoms with Crippen LogP contribution in [-0.4, -0.2) is 19.3 Å². The van der Waals surface area contributed by atoms with Crippen molar-refractivity contribution < 1.29 is 17.9 Å². The van der Waals surface area contributed by atoms with Crippen LogP contribution in [0.2, 0.25) is 0 Å². The van der Waals surface area contributed by atoms with Crippen LogP contribution in [0.25, 0.3) is 0 Å². The van der Waals surface area contributed by atoms with Gasteiger partial charge >= 0.3 is 6.18 Å². The number of hydrogen-bond acceptors (Lipinski definition) is 2. The summed E-state index contributed by atoms with van der Waals surface area (Å²) in [7, 11) is 0. The summed E-state index contributed by atoms with van der Waals surface area (Å²) in [5, 5.41) is 3.27. The van der Waals surface area contributed by atoms with Gasteiger partial charge in [0.15, 0.2) is 6.61 Å². The molecular formula is C13H18F3NO. The minimum absolute atomic E-state index is 0.143. The second-order valence-corrected chi connectivity index (χ2v) is 3.99. The number of benzene rings is 1. The number of alkyl halides is 3. The third-order valence-electron chi connectivity index (χ3n) is 2.52. The molecule has 1 atom stereocenters. The number of hydrogen-bond donors (Lipinski definition) is 1. The molecular weight excluding hydrogens is 243 g/mol. The highest BCUT2D eigenvalue weighted by molar-refractivity contribution is 5.30. The van der Waals surface area contributed by atoms with Gasteiger partial charge in [-0.25, -0.2) is 0 Å². The standard InChI is InChI=1S/C13H18F3NO/c1-3-12(17-4-2)10-6-5-7-11(8-10)18-9-13(14,15)16/h5-8,12,17H,3-4,9H2,1-2H3. The number of nitrogens with one attached hydrogen (secondary N) is 1. The van der Waals surface area contributed by atoms with Gasteiger partial charge in [0.25, 0.3) is 0 Å². The third-order valence-corrected chi connectivity index (χ3v) is 2.52. The van der Waals surface area contributed by atoms with Crippen LogP contribution in [0.15, 0.2) is 24.3 Å². The average Bonchev–Trinajstić information content (AvgIpc) is 2.33. The Balaban J connectivity index is 2.72. The number of ether oxygens (including phenoxy) is 1. The Hall–Kier alpha value is -1.23. The fraction of sp³-hybridized carbons (Fsp3) is 0.538. The Morgan fingerprint density at radius 3 is 2.56 bits per heavy atom. The highest BCUT2D eigenvalue weighted by Gasteiger charge is 2.28. The first-order chi connectivity index (χ1) is 8.46. The summed E-state index contributed by atoms with van der Waals surface area (Å²) in [6.45, 7) is 3.57. The summed E-state index contributed by atoms with van der Waals surface area (Å²) < 4.78 is 40.9. The highest BCUT2D eigenvalue weighted by Crippen LogP contribution is 2.23. The first-order valence-electron chi connectivity index (χ1n) is 5.99. The molecule has 102 valence electrons. The first kappa shape index (κ1) is 14.8. The van der Waals surface area contributed by atoms with Crippen LogP contribution in [0.4, 0.5) is 13.2 Å². The lowest BCUT2D eigenvalue weighted by Crippen LogP contribution is -2.21. The molecule has 0 heterocycles. The zero-order valence-corrected chi connectivity index (χ0v) is 10.6. The predicted octanol–water partition coefficient (Wildman–Crippen LogP) is 3.69. The Morgan fingerprint density at radius 1 is 1.28 bits per heavy atom. The second kappa shape index (κ2) is 6.64. The van der Waals surface area contributed by atoms with Gasteiger partial charge < -0.3 is 10.1 Å². The summed E-state index contributed by atoms with van der Waals surface area (Å²) in [6, 6.07) is 6.93. The van der Waals surface area contributed by atoms with Crippen molar-refractivity contribution in [3.05, 3.63) is 29.8 Å². The van der Waals surface area contributed by atoms with Crippen molar-refractivity contribution in [2.75, 3.05) is 13.2 Å². The molecule has 2 nitrogen and oxygen atoms in total. The molecule has 1 aromatic carbocycles. The molecule has 1 aromatic rings. The molecule has 18 heavy (non-hydrogen) atoms. The van der Waals surface area contributed by atoms with E-state index in [2.05, 4.69) is 5.32 Å². The van der Waals surface area contributed by atoms with Crippen LogP contribution < -0.4 is 10.1 Å². The van der Waals surface area contributed by atoms with E-state index in [1.807, 2.05) is 19.9 Å².